The minimum Gasteiger partial charge on any atom is -0.461 e. The molecule has 1 aromatic carbocycles. The van der Waals surface area contributed by atoms with Gasteiger partial charge in [-0.3, -0.25) is 24.0 Å². The van der Waals surface area contributed by atoms with Crippen LogP contribution in [0.1, 0.15) is 72.3 Å². The van der Waals surface area contributed by atoms with Crippen molar-refractivity contribution in [3.05, 3.63) is 29.8 Å². The maximum Gasteiger partial charge on any atom is 0.312 e. The number of halogens is 1. The lowest BCUT2D eigenvalue weighted by molar-refractivity contribution is -0.150. The number of urea groups is 1. The maximum absolute atomic E-state index is 13.3. The minimum atomic E-state index is -0.978. The van der Waals surface area contributed by atoms with Gasteiger partial charge in [0.15, 0.2) is 0 Å². The molecule has 0 heterocycles. The van der Waals surface area contributed by atoms with Gasteiger partial charge in [0.25, 0.3) is 0 Å². The molecule has 0 aliphatic carbocycles. The third-order valence-electron chi connectivity index (χ3n) is 7.12. The summed E-state index contributed by atoms with van der Waals surface area (Å²) in [6.45, 7) is 9.96. The Morgan fingerprint density at radius 2 is 1.44 bits per heavy atom. The van der Waals surface area contributed by atoms with Crippen LogP contribution in [0.25, 0.3) is 0 Å². The highest BCUT2D eigenvalue weighted by Crippen LogP contribution is 2.15. The number of benzene rings is 1. The molecule has 0 fully saturated rings. The van der Waals surface area contributed by atoms with Crippen molar-refractivity contribution < 1.29 is 33.5 Å². The van der Waals surface area contributed by atoms with E-state index in [9.17, 15) is 28.8 Å². The number of unbranched alkanes of at least 4 members (excludes halogenated alkanes) is 1. The topological polar surface area (TPSA) is 198 Å². The number of nitrogens with one attached hydrogen (secondary N) is 5. The maximum atomic E-state index is 13.3. The number of esters is 1. The molecule has 0 aliphatic rings. The molecule has 14 heteroatoms. The Morgan fingerprint density at radius 1 is 0.800 bits per heavy atom. The quantitative estimate of drug-likeness (QED) is 0.0706. The molecule has 252 valence electrons. The van der Waals surface area contributed by atoms with Crippen molar-refractivity contribution in [1.82, 2.24) is 21.3 Å². The van der Waals surface area contributed by atoms with Gasteiger partial charge in [0.2, 0.25) is 23.6 Å². The normalized spacial score (nSPS) is 12.9. The monoisotopic (exact) mass is 652 g/mol. The number of rotatable bonds is 20. The van der Waals surface area contributed by atoms with E-state index >= 15 is 0 Å². The molecular formula is C31H49ClN6O7. The number of ether oxygens (including phenoxy) is 1. The number of carbonyl (C=O) groups excluding carboxylic acids is 6. The third-order valence-corrected chi connectivity index (χ3v) is 7.36. The molecule has 7 N–H and O–H groups in total. The predicted molar refractivity (Wildman–Crippen MR) is 172 cm³/mol. The molecule has 3 atom stereocenters. The second-order valence-electron chi connectivity index (χ2n) is 11.6. The summed E-state index contributed by atoms with van der Waals surface area (Å²) in [6.07, 6.45) is 1.75. The van der Waals surface area contributed by atoms with E-state index in [1.807, 2.05) is 20.8 Å². The van der Waals surface area contributed by atoms with E-state index < -0.39 is 29.9 Å². The highest BCUT2D eigenvalue weighted by atomic mass is 35.5. The zero-order valence-corrected chi connectivity index (χ0v) is 27.6. The summed E-state index contributed by atoms with van der Waals surface area (Å²) in [5.41, 5.74) is 6.34. The molecule has 0 radical (unpaired) electrons. The first kappa shape index (κ1) is 39.2. The average Bonchev–Trinajstić information content (AvgIpc) is 2.99. The van der Waals surface area contributed by atoms with Crippen molar-refractivity contribution >= 4 is 52.9 Å². The Hall–Kier alpha value is -3.87. The van der Waals surface area contributed by atoms with Crippen LogP contribution in [-0.2, 0) is 35.3 Å². The summed E-state index contributed by atoms with van der Waals surface area (Å²) in [6, 6.07) is 4.21. The summed E-state index contributed by atoms with van der Waals surface area (Å²) in [7, 11) is 0. The van der Waals surface area contributed by atoms with Crippen LogP contribution in [0.4, 0.5) is 10.5 Å². The highest BCUT2D eigenvalue weighted by molar-refractivity contribution is 6.27. The molecule has 1 aromatic rings. The first-order valence-corrected chi connectivity index (χ1v) is 15.8. The second kappa shape index (κ2) is 21.0. The molecule has 0 bridgehead atoms. The highest BCUT2D eigenvalue weighted by Gasteiger charge is 2.29. The van der Waals surface area contributed by atoms with Gasteiger partial charge in [-0.1, -0.05) is 46.8 Å². The van der Waals surface area contributed by atoms with Crippen molar-refractivity contribution in [2.75, 3.05) is 24.3 Å². The summed E-state index contributed by atoms with van der Waals surface area (Å²) in [4.78, 5) is 73.5. The van der Waals surface area contributed by atoms with Crippen LogP contribution in [0.5, 0.6) is 0 Å². The molecule has 0 saturated carbocycles. The molecule has 13 nitrogen and oxygen atoms in total. The van der Waals surface area contributed by atoms with Crippen molar-refractivity contribution in [2.24, 2.45) is 23.5 Å². The Balaban J connectivity index is 2.83. The number of hydrogen-bond donors (Lipinski definition) is 6. The van der Waals surface area contributed by atoms with Gasteiger partial charge < -0.3 is 37.1 Å². The van der Waals surface area contributed by atoms with Crippen molar-refractivity contribution in [2.45, 2.75) is 85.4 Å². The Labute approximate surface area is 270 Å². The van der Waals surface area contributed by atoms with Crippen LogP contribution in [0, 0.1) is 17.8 Å². The number of carbonyl (C=O) groups is 6. The fourth-order valence-electron chi connectivity index (χ4n) is 3.99. The van der Waals surface area contributed by atoms with Crippen LogP contribution in [-0.4, -0.2) is 66.7 Å². The van der Waals surface area contributed by atoms with E-state index in [2.05, 4.69) is 26.6 Å². The molecule has 0 spiro atoms. The molecule has 0 aliphatic heterocycles. The van der Waals surface area contributed by atoms with Gasteiger partial charge in [0, 0.05) is 25.2 Å². The number of hydrogen-bond acceptors (Lipinski definition) is 7. The fraction of sp³-hybridized carbons (Fsp3) is 0.613. The molecule has 2 unspecified atom stereocenters. The summed E-state index contributed by atoms with van der Waals surface area (Å²) in [5.74, 6) is -2.37. The fourth-order valence-corrected chi connectivity index (χ4v) is 4.08. The smallest absolute Gasteiger partial charge is 0.312 e. The number of primary amides is 1. The van der Waals surface area contributed by atoms with Crippen LogP contribution < -0.4 is 32.3 Å². The molecule has 45 heavy (non-hydrogen) atoms. The van der Waals surface area contributed by atoms with E-state index in [0.29, 0.717) is 31.5 Å². The first-order chi connectivity index (χ1) is 21.2. The number of nitrogens with two attached hydrogens (primary N) is 1. The van der Waals surface area contributed by atoms with E-state index in [1.54, 1.807) is 38.1 Å². The second-order valence-corrected chi connectivity index (χ2v) is 11.8. The summed E-state index contributed by atoms with van der Waals surface area (Å²) >= 11 is 5.44. The van der Waals surface area contributed by atoms with E-state index in [-0.39, 0.29) is 67.4 Å². The minimum absolute atomic E-state index is 0.0998. The number of anilines is 1. The lowest BCUT2D eigenvalue weighted by Crippen LogP contribution is -2.54. The zero-order chi connectivity index (χ0) is 33.9. The predicted octanol–water partition coefficient (Wildman–Crippen LogP) is 2.56. The van der Waals surface area contributed by atoms with Gasteiger partial charge in [0.1, 0.15) is 24.6 Å². The number of amides is 6. The lowest BCUT2D eigenvalue weighted by atomic mass is 9.99. The average molecular weight is 653 g/mol. The lowest BCUT2D eigenvalue weighted by Gasteiger charge is -2.25. The Bertz CT molecular complexity index is 1130. The van der Waals surface area contributed by atoms with Crippen LogP contribution >= 0.6 is 11.6 Å². The largest absolute Gasteiger partial charge is 0.461 e. The number of alkyl halides is 1. The van der Waals surface area contributed by atoms with Gasteiger partial charge >= 0.3 is 12.0 Å². The summed E-state index contributed by atoms with van der Waals surface area (Å²) < 4.78 is 5.38. The van der Waals surface area contributed by atoms with Gasteiger partial charge in [-0.05, 0) is 55.2 Å². The molecule has 1 rings (SSSR count). The SMILES string of the molecule is CC(C)C(C)C(=O)OCc1ccc(NC(=O)[C@H](CCCNC(N)=O)NC(=O)C(NC(=O)CCCCNC(=O)CCl)C(C)C)cc1. The van der Waals surface area contributed by atoms with Gasteiger partial charge in [-0.2, -0.15) is 0 Å². The standard InChI is InChI=1S/C31H49ClN6O7/c1-19(2)21(5)30(43)45-18-22-11-13-23(14-12-22)36-28(41)24(9-8-16-35-31(33)44)37-29(42)27(20(3)4)38-25(39)10-6-7-15-34-26(40)17-32/h11-14,19-21,24,27H,6-10,15-18H2,1-5H3,(H,34,40)(H,36,41)(H,37,42)(H,38,39)(H3,33,35,44)/t21?,24-,27?/m0/s1. The van der Waals surface area contributed by atoms with Gasteiger partial charge in [-0.15, -0.1) is 11.6 Å². The Kier molecular flexibility index (Phi) is 18.2. The van der Waals surface area contributed by atoms with Gasteiger partial charge in [0.05, 0.1) is 5.92 Å². The molecule has 0 aromatic heterocycles. The first-order valence-electron chi connectivity index (χ1n) is 15.3. The summed E-state index contributed by atoms with van der Waals surface area (Å²) in [5, 5.41) is 13.4. The van der Waals surface area contributed by atoms with Crippen molar-refractivity contribution in [3.8, 4) is 0 Å². The van der Waals surface area contributed by atoms with E-state index in [0.717, 1.165) is 5.56 Å². The van der Waals surface area contributed by atoms with Crippen LogP contribution in [0.3, 0.4) is 0 Å². The van der Waals surface area contributed by atoms with Gasteiger partial charge in [-0.25, -0.2) is 4.79 Å². The van der Waals surface area contributed by atoms with Crippen molar-refractivity contribution in [1.29, 1.82) is 0 Å². The van der Waals surface area contributed by atoms with Crippen LogP contribution in [0.15, 0.2) is 24.3 Å². The third kappa shape index (κ3) is 16.1. The molecule has 6 amide bonds. The van der Waals surface area contributed by atoms with Crippen LogP contribution in [0.2, 0.25) is 0 Å². The zero-order valence-electron chi connectivity index (χ0n) is 26.9. The van der Waals surface area contributed by atoms with E-state index in [1.165, 1.54) is 0 Å². The molecule has 0 saturated heterocycles. The van der Waals surface area contributed by atoms with Crippen molar-refractivity contribution in [3.63, 3.8) is 0 Å². The molecular weight excluding hydrogens is 604 g/mol. The Morgan fingerprint density at radius 3 is 2.02 bits per heavy atom. The van der Waals surface area contributed by atoms with E-state index in [4.69, 9.17) is 22.1 Å².